The fourth-order valence-electron chi connectivity index (χ4n) is 1.74. The molecule has 0 saturated carbocycles. The van der Waals surface area contributed by atoms with Crippen molar-refractivity contribution in [3.8, 4) is 0 Å². The van der Waals surface area contributed by atoms with E-state index in [1.165, 1.54) is 0 Å². The van der Waals surface area contributed by atoms with Crippen LogP contribution in [-0.4, -0.2) is 33.6 Å². The third kappa shape index (κ3) is 1.07. The van der Waals surface area contributed by atoms with Crippen LogP contribution in [0.5, 0.6) is 0 Å². The molecule has 1 heterocycles. The van der Waals surface area contributed by atoms with Gasteiger partial charge >= 0.3 is 11.9 Å². The maximum atomic E-state index is 11.1. The molecule has 1 unspecified atom stereocenters. The van der Waals surface area contributed by atoms with E-state index in [0.717, 1.165) is 0 Å². The SMILES string of the molecule is CC(C)C1C(=O)NC1(C(=O)O)C(=O)O. The van der Waals surface area contributed by atoms with Crippen molar-refractivity contribution in [1.29, 1.82) is 0 Å². The second kappa shape index (κ2) is 2.97. The maximum absolute atomic E-state index is 11.1. The number of carbonyl (C=O) groups excluding carboxylic acids is 1. The Morgan fingerprint density at radius 3 is 1.93 bits per heavy atom. The Balaban J connectivity index is 3.09. The minimum absolute atomic E-state index is 0.323. The van der Waals surface area contributed by atoms with E-state index in [1.54, 1.807) is 13.8 Å². The van der Waals surface area contributed by atoms with Gasteiger partial charge in [-0.25, -0.2) is 9.59 Å². The van der Waals surface area contributed by atoms with Gasteiger partial charge in [0.05, 0.1) is 5.92 Å². The molecule has 6 nitrogen and oxygen atoms in total. The Morgan fingerprint density at radius 2 is 1.79 bits per heavy atom. The second-order valence-corrected chi connectivity index (χ2v) is 3.63. The summed E-state index contributed by atoms with van der Waals surface area (Å²) in [5.74, 6) is -4.90. The zero-order chi connectivity index (χ0) is 11.1. The predicted octanol–water partition coefficient (Wildman–Crippen LogP) is -0.704. The fourth-order valence-corrected chi connectivity index (χ4v) is 1.74. The number of hydrogen-bond donors (Lipinski definition) is 3. The lowest BCUT2D eigenvalue weighted by molar-refractivity contribution is -0.178. The predicted molar refractivity (Wildman–Crippen MR) is 44.5 cm³/mol. The van der Waals surface area contributed by atoms with Gasteiger partial charge in [-0.1, -0.05) is 13.8 Å². The molecule has 1 amide bonds. The molecule has 3 N–H and O–H groups in total. The Kier molecular flexibility index (Phi) is 2.22. The molecule has 6 heteroatoms. The van der Waals surface area contributed by atoms with E-state index in [4.69, 9.17) is 10.2 Å². The van der Waals surface area contributed by atoms with Gasteiger partial charge in [-0.3, -0.25) is 4.79 Å². The van der Waals surface area contributed by atoms with Crippen LogP contribution in [0.2, 0.25) is 0 Å². The Bertz CT molecular complexity index is 295. The second-order valence-electron chi connectivity index (χ2n) is 3.63. The Hall–Kier alpha value is -1.59. The van der Waals surface area contributed by atoms with Crippen LogP contribution in [0.3, 0.4) is 0 Å². The van der Waals surface area contributed by atoms with Crippen LogP contribution in [0.1, 0.15) is 13.8 Å². The Morgan fingerprint density at radius 1 is 1.36 bits per heavy atom. The number of hydrogen-bond acceptors (Lipinski definition) is 3. The molecule has 1 saturated heterocycles. The van der Waals surface area contributed by atoms with Crippen LogP contribution in [0.25, 0.3) is 0 Å². The molecular formula is C8H11NO5. The van der Waals surface area contributed by atoms with E-state index >= 15 is 0 Å². The summed E-state index contributed by atoms with van der Waals surface area (Å²) < 4.78 is 0. The number of rotatable bonds is 3. The van der Waals surface area contributed by atoms with Crippen molar-refractivity contribution in [2.24, 2.45) is 11.8 Å². The normalized spacial score (nSPS) is 23.9. The summed E-state index contributed by atoms with van der Waals surface area (Å²) in [5, 5.41) is 19.5. The third-order valence-electron chi connectivity index (χ3n) is 2.41. The average molecular weight is 201 g/mol. The first-order valence-electron chi connectivity index (χ1n) is 4.12. The summed E-state index contributed by atoms with van der Waals surface area (Å²) in [6.45, 7) is 3.23. The highest BCUT2D eigenvalue weighted by atomic mass is 16.4. The monoisotopic (exact) mass is 201 g/mol. The van der Waals surface area contributed by atoms with E-state index < -0.39 is 29.3 Å². The van der Waals surface area contributed by atoms with E-state index in [9.17, 15) is 14.4 Å². The topological polar surface area (TPSA) is 104 Å². The molecule has 14 heavy (non-hydrogen) atoms. The number of nitrogens with one attached hydrogen (secondary N) is 1. The average Bonchev–Trinajstić information content (AvgIpc) is 1.96. The molecule has 78 valence electrons. The smallest absolute Gasteiger partial charge is 0.342 e. The minimum Gasteiger partial charge on any atom is -0.479 e. The van der Waals surface area contributed by atoms with Gasteiger partial charge < -0.3 is 15.5 Å². The van der Waals surface area contributed by atoms with Gasteiger partial charge in [0.25, 0.3) is 0 Å². The first-order chi connectivity index (χ1) is 6.34. The van der Waals surface area contributed by atoms with Gasteiger partial charge in [0.2, 0.25) is 11.4 Å². The lowest BCUT2D eigenvalue weighted by Gasteiger charge is -2.44. The number of aliphatic carboxylic acids is 2. The molecule has 1 rings (SSSR count). The lowest BCUT2D eigenvalue weighted by Crippen LogP contribution is -2.78. The lowest BCUT2D eigenvalue weighted by atomic mass is 9.69. The van der Waals surface area contributed by atoms with Crippen LogP contribution >= 0.6 is 0 Å². The van der Waals surface area contributed by atoms with Crippen LogP contribution in [-0.2, 0) is 14.4 Å². The van der Waals surface area contributed by atoms with E-state index in [0.29, 0.717) is 0 Å². The molecule has 0 bridgehead atoms. The summed E-state index contributed by atoms with van der Waals surface area (Å²) in [6, 6.07) is 0. The molecule has 0 aliphatic carbocycles. The molecule has 0 radical (unpaired) electrons. The summed E-state index contributed by atoms with van der Waals surface area (Å²) >= 11 is 0. The summed E-state index contributed by atoms with van der Waals surface area (Å²) in [5.41, 5.74) is -2.13. The summed E-state index contributed by atoms with van der Waals surface area (Å²) in [4.78, 5) is 32.7. The molecule has 1 fully saturated rings. The van der Waals surface area contributed by atoms with Crippen LogP contribution in [0.4, 0.5) is 0 Å². The van der Waals surface area contributed by atoms with Crippen LogP contribution < -0.4 is 5.32 Å². The van der Waals surface area contributed by atoms with Gasteiger partial charge in [0.1, 0.15) is 0 Å². The van der Waals surface area contributed by atoms with Crippen molar-refractivity contribution < 1.29 is 24.6 Å². The minimum atomic E-state index is -2.13. The maximum Gasteiger partial charge on any atom is 0.342 e. The Labute approximate surface area is 79.9 Å². The molecule has 0 spiro atoms. The molecule has 0 aromatic rings. The van der Waals surface area contributed by atoms with Gasteiger partial charge in [0, 0.05) is 0 Å². The van der Waals surface area contributed by atoms with E-state index in [2.05, 4.69) is 0 Å². The third-order valence-corrected chi connectivity index (χ3v) is 2.41. The zero-order valence-electron chi connectivity index (χ0n) is 7.77. The van der Waals surface area contributed by atoms with Crippen molar-refractivity contribution in [1.82, 2.24) is 5.32 Å². The molecule has 0 aromatic heterocycles. The standard InChI is InChI=1S/C8H11NO5/c1-3(2)4-5(10)9-8(4,6(11)12)7(13)14/h3-4H,1-2H3,(H,9,10)(H,11,12)(H,13,14). The first-order valence-corrected chi connectivity index (χ1v) is 4.12. The zero-order valence-corrected chi connectivity index (χ0v) is 7.77. The number of carboxylic acids is 2. The van der Waals surface area contributed by atoms with Gasteiger partial charge in [-0.15, -0.1) is 0 Å². The number of carboxylic acid groups (broad SMARTS) is 2. The molecule has 1 aliphatic heterocycles. The highest BCUT2D eigenvalue weighted by molar-refractivity contribution is 6.15. The van der Waals surface area contributed by atoms with Crippen molar-refractivity contribution in [2.45, 2.75) is 19.4 Å². The molecule has 0 aromatic carbocycles. The van der Waals surface area contributed by atoms with Crippen LogP contribution in [0.15, 0.2) is 0 Å². The van der Waals surface area contributed by atoms with Crippen LogP contribution in [0, 0.1) is 11.8 Å². The highest BCUT2D eigenvalue weighted by Gasteiger charge is 2.65. The quantitative estimate of drug-likeness (QED) is 0.413. The van der Waals surface area contributed by atoms with Gasteiger partial charge in [0.15, 0.2) is 0 Å². The first kappa shape index (κ1) is 10.5. The van der Waals surface area contributed by atoms with E-state index in [1.807, 2.05) is 5.32 Å². The number of carbonyl (C=O) groups is 3. The van der Waals surface area contributed by atoms with Gasteiger partial charge in [-0.2, -0.15) is 0 Å². The molecule has 1 aliphatic rings. The highest BCUT2D eigenvalue weighted by Crippen LogP contribution is 2.34. The van der Waals surface area contributed by atoms with Gasteiger partial charge in [-0.05, 0) is 5.92 Å². The number of amides is 1. The van der Waals surface area contributed by atoms with Crippen molar-refractivity contribution >= 4 is 17.8 Å². The summed E-state index contributed by atoms with van der Waals surface area (Å²) in [7, 11) is 0. The largest absolute Gasteiger partial charge is 0.479 e. The fraction of sp³-hybridized carbons (Fsp3) is 0.625. The molecule has 1 atom stereocenters. The van der Waals surface area contributed by atoms with E-state index in [-0.39, 0.29) is 5.92 Å². The molecular weight excluding hydrogens is 190 g/mol. The van der Waals surface area contributed by atoms with Crippen molar-refractivity contribution in [3.05, 3.63) is 0 Å². The van der Waals surface area contributed by atoms with Crippen molar-refractivity contribution in [3.63, 3.8) is 0 Å². The number of β-lactam (4-membered cyclic amide) rings is 1. The summed E-state index contributed by atoms with van der Waals surface area (Å²) in [6.07, 6.45) is 0. The van der Waals surface area contributed by atoms with Crippen molar-refractivity contribution in [2.75, 3.05) is 0 Å².